The topological polar surface area (TPSA) is 185 Å². The van der Waals surface area contributed by atoms with E-state index in [1.807, 2.05) is 33.8 Å². The van der Waals surface area contributed by atoms with Gasteiger partial charge in [0.2, 0.25) is 0 Å². The number of allylic oxidation sites excluding steroid dienone is 1. The van der Waals surface area contributed by atoms with E-state index >= 15 is 0 Å². The summed E-state index contributed by atoms with van der Waals surface area (Å²) >= 11 is 0. The minimum Gasteiger partial charge on any atom is -0.393 e. The minimum atomic E-state index is -4.98. The van der Waals surface area contributed by atoms with Gasteiger partial charge in [-0.2, -0.15) is 8.42 Å². The lowest BCUT2D eigenvalue weighted by molar-refractivity contribution is -0.335. The number of aliphatic hydroxyl groups is 6. The van der Waals surface area contributed by atoms with Crippen molar-refractivity contribution in [3.63, 3.8) is 0 Å². The van der Waals surface area contributed by atoms with Gasteiger partial charge in [0.25, 0.3) is 0 Å². The molecule has 4 aliphatic rings. The van der Waals surface area contributed by atoms with Crippen LogP contribution in [0, 0.1) is 34.5 Å². The summed E-state index contributed by atoms with van der Waals surface area (Å²) < 4.78 is 38.7. The lowest BCUT2D eigenvalue weighted by Crippen LogP contribution is -2.78. The van der Waals surface area contributed by atoms with Gasteiger partial charge < -0.3 is 30.6 Å². The lowest BCUT2D eigenvalue weighted by atomic mass is 9.40. The first-order valence-electron chi connectivity index (χ1n) is 13.9. The molecule has 0 aromatic heterocycles. The van der Waals surface area contributed by atoms with Gasteiger partial charge in [-0.1, -0.05) is 32.4 Å². The zero-order chi connectivity index (χ0) is 28.5. The zero-order valence-corrected chi connectivity index (χ0v) is 23.6. The van der Waals surface area contributed by atoms with Gasteiger partial charge >= 0.3 is 10.4 Å². The fourth-order valence-corrected chi connectivity index (χ4v) is 10.0. The SMILES string of the molecule is C/C(=C\CC[C@@H](C)[C@H]1C[C@H](OS(=O)(=O)O)[C@@]2(O)[C@]3(O)C[C@H](O)[C@H]4[C@@H](O)[C@@H](O)CC[C@]4(C)C3CC[C@]12C)CO. The Kier molecular flexibility index (Phi) is 8.00. The Labute approximate surface area is 225 Å². The molecule has 0 aromatic rings. The molecule has 0 aromatic carbocycles. The number of hydrogen-bond donors (Lipinski definition) is 7. The molecular formula is C27H46O10S. The summed E-state index contributed by atoms with van der Waals surface area (Å²) in [7, 11) is -4.98. The number of fused-ring (bicyclic) bond motifs is 5. The van der Waals surface area contributed by atoms with E-state index in [2.05, 4.69) is 0 Å². The van der Waals surface area contributed by atoms with Crippen molar-refractivity contribution in [3.8, 4) is 0 Å². The summed E-state index contributed by atoms with van der Waals surface area (Å²) in [5.74, 6) is -1.62. The van der Waals surface area contributed by atoms with Crippen molar-refractivity contribution in [2.75, 3.05) is 6.61 Å². The fourth-order valence-electron chi connectivity index (χ4n) is 9.50. The van der Waals surface area contributed by atoms with E-state index in [9.17, 15) is 43.6 Å². The van der Waals surface area contributed by atoms with Gasteiger partial charge in [-0.05, 0) is 75.0 Å². The summed E-state index contributed by atoms with van der Waals surface area (Å²) in [6.45, 7) is 7.50. The molecule has 0 amide bonds. The zero-order valence-electron chi connectivity index (χ0n) is 22.8. The molecule has 11 heteroatoms. The molecule has 7 N–H and O–H groups in total. The largest absolute Gasteiger partial charge is 0.397 e. The second kappa shape index (κ2) is 10.0. The van der Waals surface area contributed by atoms with Crippen LogP contribution in [0.15, 0.2) is 11.6 Å². The van der Waals surface area contributed by atoms with E-state index in [1.54, 1.807) is 0 Å². The minimum absolute atomic E-state index is 0.0205. The Balaban J connectivity index is 1.77. The van der Waals surface area contributed by atoms with Gasteiger partial charge in [0.15, 0.2) is 0 Å². The highest BCUT2D eigenvalue weighted by molar-refractivity contribution is 7.80. The molecule has 0 aliphatic heterocycles. The molecule has 1 unspecified atom stereocenters. The third kappa shape index (κ3) is 4.41. The molecule has 0 saturated heterocycles. The van der Waals surface area contributed by atoms with Crippen molar-refractivity contribution >= 4 is 10.4 Å². The van der Waals surface area contributed by atoms with Crippen LogP contribution in [0.3, 0.4) is 0 Å². The first-order chi connectivity index (χ1) is 17.5. The maximum atomic E-state index is 12.6. The smallest absolute Gasteiger partial charge is 0.393 e. The summed E-state index contributed by atoms with van der Waals surface area (Å²) in [5, 5.41) is 66.9. The maximum Gasteiger partial charge on any atom is 0.397 e. The maximum absolute atomic E-state index is 12.6. The van der Waals surface area contributed by atoms with Crippen molar-refractivity contribution in [2.24, 2.45) is 34.5 Å². The van der Waals surface area contributed by atoms with Crippen molar-refractivity contribution in [1.29, 1.82) is 0 Å². The Morgan fingerprint density at radius 2 is 1.76 bits per heavy atom. The van der Waals surface area contributed by atoms with Crippen molar-refractivity contribution in [3.05, 3.63) is 11.6 Å². The average Bonchev–Trinajstić information content (AvgIpc) is 3.03. The third-order valence-electron chi connectivity index (χ3n) is 11.3. The molecule has 4 rings (SSSR count). The van der Waals surface area contributed by atoms with Gasteiger partial charge in [-0.25, -0.2) is 4.18 Å². The monoisotopic (exact) mass is 562 g/mol. The first kappa shape index (κ1) is 30.3. The van der Waals surface area contributed by atoms with Gasteiger partial charge in [-0.3, -0.25) is 4.55 Å². The number of hydrogen-bond acceptors (Lipinski definition) is 9. The molecule has 12 atom stereocenters. The average molecular weight is 563 g/mol. The third-order valence-corrected chi connectivity index (χ3v) is 11.8. The molecular weight excluding hydrogens is 516 g/mol. The van der Waals surface area contributed by atoms with Crippen LogP contribution in [0.2, 0.25) is 0 Å². The highest BCUT2D eigenvalue weighted by atomic mass is 32.3. The van der Waals surface area contributed by atoms with Crippen LogP contribution in [-0.2, 0) is 14.6 Å². The predicted octanol–water partition coefficient (Wildman–Crippen LogP) is 1.33. The second-order valence-electron chi connectivity index (χ2n) is 13.2. The van der Waals surface area contributed by atoms with Crippen LogP contribution in [0.25, 0.3) is 0 Å². The van der Waals surface area contributed by atoms with E-state index < -0.39 is 68.7 Å². The molecule has 0 spiro atoms. The molecule has 4 saturated carbocycles. The second-order valence-corrected chi connectivity index (χ2v) is 14.3. The molecule has 0 heterocycles. The van der Waals surface area contributed by atoms with Crippen LogP contribution in [-0.4, -0.2) is 85.8 Å². The Hall–Kier alpha value is -0.630. The Morgan fingerprint density at radius 3 is 2.37 bits per heavy atom. The highest BCUT2D eigenvalue weighted by Crippen LogP contribution is 2.71. The van der Waals surface area contributed by atoms with Crippen LogP contribution < -0.4 is 0 Å². The van der Waals surface area contributed by atoms with E-state index in [0.717, 1.165) is 5.57 Å². The quantitative estimate of drug-likeness (QED) is 0.176. The summed E-state index contributed by atoms with van der Waals surface area (Å²) in [6, 6.07) is 0. The molecule has 10 nitrogen and oxygen atoms in total. The number of rotatable bonds is 7. The number of aliphatic hydroxyl groups excluding tert-OH is 4. The van der Waals surface area contributed by atoms with E-state index in [1.165, 1.54) is 0 Å². The van der Waals surface area contributed by atoms with E-state index in [4.69, 9.17) is 4.18 Å². The van der Waals surface area contributed by atoms with Crippen LogP contribution in [0.1, 0.15) is 79.1 Å². The van der Waals surface area contributed by atoms with E-state index in [-0.39, 0.29) is 37.7 Å². The lowest BCUT2D eigenvalue weighted by Gasteiger charge is -2.69. The van der Waals surface area contributed by atoms with Gasteiger partial charge in [-0.15, -0.1) is 0 Å². The van der Waals surface area contributed by atoms with Crippen molar-refractivity contribution < 1.29 is 47.8 Å². The van der Waals surface area contributed by atoms with Gasteiger partial charge in [0.05, 0.1) is 24.9 Å². The van der Waals surface area contributed by atoms with Crippen LogP contribution >= 0.6 is 0 Å². The highest BCUT2D eigenvalue weighted by Gasteiger charge is 2.79. The molecule has 0 bridgehead atoms. The van der Waals surface area contributed by atoms with Gasteiger partial charge in [0.1, 0.15) is 17.3 Å². The fraction of sp³-hybridized carbons (Fsp3) is 0.926. The standard InChI is InChI=1S/C27H46O10S/c1-15(14-28)6-5-7-16(2)17-12-21(37-38(34,35)36)27(33)25(17,4)11-9-20-24(3)10-8-18(29)23(31)22(24)19(30)13-26(20,27)32/h6,16-23,28-33H,5,7-14H2,1-4H3,(H,34,35,36)/b15-6+/t16-,17-,18+,19+,20?,21+,22+,23+,24-,25-,26+,27+/m1/s1. The van der Waals surface area contributed by atoms with Crippen molar-refractivity contribution in [2.45, 2.75) is 115 Å². The molecule has 0 radical (unpaired) electrons. The summed E-state index contributed by atoms with van der Waals surface area (Å²) in [5.41, 5.74) is -5.08. The molecule has 220 valence electrons. The van der Waals surface area contributed by atoms with Crippen LogP contribution in [0.4, 0.5) is 0 Å². The summed E-state index contributed by atoms with van der Waals surface area (Å²) in [4.78, 5) is 0. The van der Waals surface area contributed by atoms with E-state index in [0.29, 0.717) is 32.1 Å². The molecule has 4 fully saturated rings. The molecule has 4 aliphatic carbocycles. The molecule has 38 heavy (non-hydrogen) atoms. The van der Waals surface area contributed by atoms with Gasteiger partial charge in [0, 0.05) is 17.8 Å². The normalized spacial score (nSPS) is 50.2. The first-order valence-corrected chi connectivity index (χ1v) is 15.2. The summed E-state index contributed by atoms with van der Waals surface area (Å²) in [6.07, 6.45) is -0.205. The Morgan fingerprint density at radius 1 is 1.11 bits per heavy atom. The Bertz CT molecular complexity index is 1030. The predicted molar refractivity (Wildman–Crippen MR) is 138 cm³/mol. The van der Waals surface area contributed by atoms with Crippen molar-refractivity contribution in [1.82, 2.24) is 0 Å². The van der Waals surface area contributed by atoms with Crippen LogP contribution in [0.5, 0.6) is 0 Å².